The summed E-state index contributed by atoms with van der Waals surface area (Å²) in [6.07, 6.45) is 3.30. The molecule has 1 amide bonds. The van der Waals surface area contributed by atoms with Gasteiger partial charge in [0.15, 0.2) is 5.78 Å². The number of nitrogens with two attached hydrogens (primary N) is 1. The highest BCUT2D eigenvalue weighted by atomic mass is 16.5. The summed E-state index contributed by atoms with van der Waals surface area (Å²) < 4.78 is 5.03. The van der Waals surface area contributed by atoms with Gasteiger partial charge >= 0.3 is 0 Å². The van der Waals surface area contributed by atoms with Gasteiger partial charge in [0.1, 0.15) is 5.75 Å². The maximum atomic E-state index is 11.8. The molecule has 0 fully saturated rings. The van der Waals surface area contributed by atoms with Gasteiger partial charge in [-0.2, -0.15) is 0 Å². The van der Waals surface area contributed by atoms with Crippen molar-refractivity contribution >= 4 is 11.7 Å². The summed E-state index contributed by atoms with van der Waals surface area (Å²) in [5.41, 5.74) is 5.73. The molecule has 1 aromatic carbocycles. The Labute approximate surface area is 107 Å². The van der Waals surface area contributed by atoms with E-state index in [1.165, 1.54) is 0 Å². The maximum Gasteiger partial charge on any atom is 0.217 e. The summed E-state index contributed by atoms with van der Waals surface area (Å²) in [6.45, 7) is 0. The first-order chi connectivity index (χ1) is 8.63. The van der Waals surface area contributed by atoms with Gasteiger partial charge in [-0.1, -0.05) is 6.42 Å². The number of ketones is 1. The molecule has 1 aromatic rings. The van der Waals surface area contributed by atoms with Crippen LogP contribution in [0, 0.1) is 0 Å². The Balaban J connectivity index is 2.29. The van der Waals surface area contributed by atoms with Crippen molar-refractivity contribution in [3.8, 4) is 5.75 Å². The molecule has 1 rings (SSSR count). The second-order valence-corrected chi connectivity index (χ2v) is 4.18. The van der Waals surface area contributed by atoms with Crippen molar-refractivity contribution in [1.82, 2.24) is 0 Å². The summed E-state index contributed by atoms with van der Waals surface area (Å²) in [5, 5.41) is 0. The number of carbonyl (C=O) groups is 2. The molecule has 98 valence electrons. The standard InChI is InChI=1S/C14H19NO3/c1-18-12-9-7-11(8-10-12)13(16)5-3-2-4-6-14(15)17/h7-10H,2-6H2,1H3,(H2,15,17). The summed E-state index contributed by atoms with van der Waals surface area (Å²) >= 11 is 0. The highest BCUT2D eigenvalue weighted by Gasteiger charge is 2.05. The van der Waals surface area contributed by atoms with E-state index in [0.29, 0.717) is 18.4 Å². The Morgan fingerprint density at radius 3 is 2.22 bits per heavy atom. The van der Waals surface area contributed by atoms with Gasteiger partial charge in [0.25, 0.3) is 0 Å². The minimum atomic E-state index is -0.281. The molecule has 0 spiro atoms. The monoisotopic (exact) mass is 249 g/mol. The first kappa shape index (κ1) is 14.2. The number of carbonyl (C=O) groups excluding carboxylic acids is 2. The minimum absolute atomic E-state index is 0.122. The molecule has 4 heteroatoms. The number of benzene rings is 1. The first-order valence-corrected chi connectivity index (χ1v) is 6.09. The summed E-state index contributed by atoms with van der Waals surface area (Å²) in [5.74, 6) is 0.584. The number of methoxy groups -OCH3 is 1. The third kappa shape index (κ3) is 4.99. The lowest BCUT2D eigenvalue weighted by Crippen LogP contribution is -2.09. The number of Topliss-reactive ketones (excluding diaryl/α,β-unsaturated/α-hetero) is 1. The third-order valence-corrected chi connectivity index (χ3v) is 2.74. The predicted octanol–water partition coefficient (Wildman–Crippen LogP) is 2.31. The molecular weight excluding hydrogens is 230 g/mol. The number of primary amides is 1. The van der Waals surface area contributed by atoms with E-state index in [9.17, 15) is 9.59 Å². The smallest absolute Gasteiger partial charge is 0.217 e. The minimum Gasteiger partial charge on any atom is -0.497 e. The van der Waals surface area contributed by atoms with Crippen LogP contribution in [0.1, 0.15) is 42.5 Å². The molecule has 0 aliphatic carbocycles. The van der Waals surface area contributed by atoms with Gasteiger partial charge in [0, 0.05) is 18.4 Å². The lowest BCUT2D eigenvalue weighted by molar-refractivity contribution is -0.118. The third-order valence-electron chi connectivity index (χ3n) is 2.74. The van der Waals surface area contributed by atoms with Crippen LogP contribution in [0.3, 0.4) is 0 Å². The van der Waals surface area contributed by atoms with Gasteiger partial charge < -0.3 is 10.5 Å². The number of rotatable bonds is 8. The summed E-state index contributed by atoms with van der Waals surface area (Å²) in [4.78, 5) is 22.3. The fraction of sp³-hybridized carbons (Fsp3) is 0.429. The van der Waals surface area contributed by atoms with Crippen LogP contribution in [0.2, 0.25) is 0 Å². The van der Waals surface area contributed by atoms with E-state index >= 15 is 0 Å². The van der Waals surface area contributed by atoms with E-state index in [-0.39, 0.29) is 11.7 Å². The van der Waals surface area contributed by atoms with Crippen LogP contribution in [-0.4, -0.2) is 18.8 Å². The lowest BCUT2D eigenvalue weighted by atomic mass is 10.0. The second kappa shape index (κ2) is 7.48. The Kier molecular flexibility index (Phi) is 5.91. The summed E-state index contributed by atoms with van der Waals surface area (Å²) in [7, 11) is 1.59. The predicted molar refractivity (Wildman–Crippen MR) is 69.6 cm³/mol. The molecule has 4 nitrogen and oxygen atoms in total. The van der Waals surface area contributed by atoms with Crippen LogP contribution in [0.15, 0.2) is 24.3 Å². The molecule has 2 N–H and O–H groups in total. The van der Waals surface area contributed by atoms with Crippen LogP contribution in [0.4, 0.5) is 0 Å². The van der Waals surface area contributed by atoms with Gasteiger partial charge in [0.05, 0.1) is 7.11 Å². The van der Waals surface area contributed by atoms with E-state index in [1.54, 1.807) is 31.4 Å². The molecular formula is C14H19NO3. The van der Waals surface area contributed by atoms with Gasteiger partial charge in [0.2, 0.25) is 5.91 Å². The Morgan fingerprint density at radius 1 is 1.06 bits per heavy atom. The van der Waals surface area contributed by atoms with Gasteiger partial charge in [-0.25, -0.2) is 0 Å². The van der Waals surface area contributed by atoms with Crippen molar-refractivity contribution in [3.63, 3.8) is 0 Å². The molecule has 0 radical (unpaired) electrons. The van der Waals surface area contributed by atoms with Crippen molar-refractivity contribution in [2.45, 2.75) is 32.1 Å². The largest absolute Gasteiger partial charge is 0.497 e. The zero-order valence-corrected chi connectivity index (χ0v) is 10.6. The molecule has 18 heavy (non-hydrogen) atoms. The number of ether oxygens (including phenoxy) is 1. The highest BCUT2D eigenvalue weighted by molar-refractivity contribution is 5.96. The SMILES string of the molecule is COc1ccc(C(=O)CCCCCC(N)=O)cc1. The molecule has 0 saturated heterocycles. The average Bonchev–Trinajstić information content (AvgIpc) is 2.38. The van der Waals surface area contributed by atoms with Crippen molar-refractivity contribution < 1.29 is 14.3 Å². The molecule has 0 aliphatic heterocycles. The fourth-order valence-electron chi connectivity index (χ4n) is 1.68. The Bertz CT molecular complexity index is 398. The van der Waals surface area contributed by atoms with Crippen LogP contribution in [-0.2, 0) is 4.79 Å². The molecule has 0 bridgehead atoms. The molecule has 0 aromatic heterocycles. The van der Waals surface area contributed by atoms with Crippen LogP contribution in [0.25, 0.3) is 0 Å². The van der Waals surface area contributed by atoms with E-state index < -0.39 is 0 Å². The van der Waals surface area contributed by atoms with E-state index in [1.807, 2.05) is 0 Å². The number of amides is 1. The number of unbranched alkanes of at least 4 members (excludes halogenated alkanes) is 2. The topological polar surface area (TPSA) is 69.4 Å². The Hall–Kier alpha value is -1.84. The van der Waals surface area contributed by atoms with E-state index in [2.05, 4.69) is 0 Å². The van der Waals surface area contributed by atoms with Crippen molar-refractivity contribution in [2.24, 2.45) is 5.73 Å². The average molecular weight is 249 g/mol. The molecule has 0 saturated carbocycles. The van der Waals surface area contributed by atoms with Gasteiger partial charge in [-0.15, -0.1) is 0 Å². The molecule has 0 heterocycles. The van der Waals surface area contributed by atoms with Gasteiger partial charge in [-0.3, -0.25) is 9.59 Å². The Morgan fingerprint density at radius 2 is 1.67 bits per heavy atom. The van der Waals surface area contributed by atoms with E-state index in [4.69, 9.17) is 10.5 Å². The normalized spacial score (nSPS) is 10.1. The number of hydrogen-bond acceptors (Lipinski definition) is 3. The molecule has 0 aliphatic rings. The lowest BCUT2D eigenvalue weighted by Gasteiger charge is -2.03. The van der Waals surface area contributed by atoms with Crippen LogP contribution in [0.5, 0.6) is 5.75 Å². The quantitative estimate of drug-likeness (QED) is 0.567. The fourth-order valence-corrected chi connectivity index (χ4v) is 1.68. The maximum absolute atomic E-state index is 11.8. The molecule has 0 unspecified atom stereocenters. The molecule has 0 atom stereocenters. The van der Waals surface area contributed by atoms with Gasteiger partial charge in [-0.05, 0) is 37.1 Å². The second-order valence-electron chi connectivity index (χ2n) is 4.18. The zero-order valence-electron chi connectivity index (χ0n) is 10.6. The van der Waals surface area contributed by atoms with E-state index in [0.717, 1.165) is 25.0 Å². The first-order valence-electron chi connectivity index (χ1n) is 6.09. The summed E-state index contributed by atoms with van der Waals surface area (Å²) in [6, 6.07) is 7.09. The van der Waals surface area contributed by atoms with Crippen LogP contribution >= 0.6 is 0 Å². The van der Waals surface area contributed by atoms with Crippen molar-refractivity contribution in [3.05, 3.63) is 29.8 Å². The number of hydrogen-bond donors (Lipinski definition) is 1. The highest BCUT2D eigenvalue weighted by Crippen LogP contribution is 2.14. The van der Waals surface area contributed by atoms with Crippen LogP contribution < -0.4 is 10.5 Å². The van der Waals surface area contributed by atoms with Crippen molar-refractivity contribution in [2.75, 3.05) is 7.11 Å². The van der Waals surface area contributed by atoms with Crippen molar-refractivity contribution in [1.29, 1.82) is 0 Å². The zero-order chi connectivity index (χ0) is 13.4.